The van der Waals surface area contributed by atoms with E-state index >= 15 is 0 Å². The Labute approximate surface area is 181 Å². The number of amides is 1. The van der Waals surface area contributed by atoms with Gasteiger partial charge >= 0.3 is 0 Å². The number of rotatable bonds is 8. The molecule has 1 aromatic heterocycles. The Balaban J connectivity index is 1.81. The summed E-state index contributed by atoms with van der Waals surface area (Å²) in [5.41, 5.74) is -0.300. The normalized spacial score (nSPS) is 16.2. The largest absolute Gasteiger partial charge is 0.389 e. The standard InChI is InChI=1S/C20H26ClN3O5S/c1-20(2,26)12-24-7-6-18(23-24)22-19(25)15(8-13-10-29-11-13)14-4-5-17(16(21)9-14)30(3,27)28/h4-7,9,13,15,26H,8,10-12H2,1-3H3,(H,22,23,25)/t15-/m1/s1. The lowest BCUT2D eigenvalue weighted by Crippen LogP contribution is -2.32. The molecule has 2 N–H and O–H groups in total. The van der Waals surface area contributed by atoms with E-state index in [2.05, 4.69) is 10.4 Å². The fourth-order valence-corrected chi connectivity index (χ4v) is 4.65. The fourth-order valence-electron chi connectivity index (χ4n) is 3.31. The zero-order chi connectivity index (χ0) is 22.1. The summed E-state index contributed by atoms with van der Waals surface area (Å²) in [4.78, 5) is 13.1. The maximum atomic E-state index is 13.1. The second kappa shape index (κ2) is 8.66. The number of halogens is 1. The number of anilines is 1. The van der Waals surface area contributed by atoms with Crippen LogP contribution in [0.2, 0.25) is 5.02 Å². The maximum Gasteiger partial charge on any atom is 0.233 e. The summed E-state index contributed by atoms with van der Waals surface area (Å²) in [6, 6.07) is 6.25. The van der Waals surface area contributed by atoms with E-state index < -0.39 is 21.4 Å². The van der Waals surface area contributed by atoms with Crippen molar-refractivity contribution in [1.82, 2.24) is 9.78 Å². The molecular formula is C20H26ClN3O5S. The van der Waals surface area contributed by atoms with E-state index in [0.29, 0.717) is 31.0 Å². The van der Waals surface area contributed by atoms with E-state index in [9.17, 15) is 18.3 Å². The number of benzene rings is 1. The highest BCUT2D eigenvalue weighted by Crippen LogP contribution is 2.32. The lowest BCUT2D eigenvalue weighted by Gasteiger charge is -2.29. The van der Waals surface area contributed by atoms with E-state index in [4.69, 9.17) is 16.3 Å². The Bertz CT molecular complexity index is 1030. The van der Waals surface area contributed by atoms with Crippen molar-refractivity contribution in [2.45, 2.75) is 43.2 Å². The first-order valence-corrected chi connectivity index (χ1v) is 11.8. The van der Waals surface area contributed by atoms with Gasteiger partial charge in [-0.2, -0.15) is 5.10 Å². The van der Waals surface area contributed by atoms with E-state index in [1.165, 1.54) is 12.1 Å². The third-order valence-corrected chi connectivity index (χ3v) is 6.37. The molecule has 10 heteroatoms. The highest BCUT2D eigenvalue weighted by Gasteiger charge is 2.30. The molecule has 0 spiro atoms. The molecule has 1 aliphatic heterocycles. The van der Waals surface area contributed by atoms with Crippen molar-refractivity contribution in [3.8, 4) is 0 Å². The number of sulfone groups is 1. The molecule has 3 rings (SSSR count). The second-order valence-electron chi connectivity index (χ2n) is 8.35. The topological polar surface area (TPSA) is 111 Å². The number of carbonyl (C=O) groups is 1. The van der Waals surface area contributed by atoms with Crippen LogP contribution in [0.4, 0.5) is 5.82 Å². The minimum atomic E-state index is -3.46. The number of nitrogens with one attached hydrogen (secondary N) is 1. The van der Waals surface area contributed by atoms with Gasteiger partial charge in [-0.25, -0.2) is 8.42 Å². The van der Waals surface area contributed by atoms with Gasteiger partial charge in [-0.3, -0.25) is 9.48 Å². The first-order chi connectivity index (χ1) is 13.9. The van der Waals surface area contributed by atoms with E-state index in [1.807, 2.05) is 0 Å². The van der Waals surface area contributed by atoms with E-state index in [1.54, 1.807) is 36.9 Å². The Kier molecular flexibility index (Phi) is 6.57. The van der Waals surface area contributed by atoms with Gasteiger partial charge in [0.25, 0.3) is 0 Å². The molecule has 1 fully saturated rings. The van der Waals surface area contributed by atoms with Gasteiger partial charge in [0.15, 0.2) is 15.7 Å². The molecule has 1 amide bonds. The molecule has 2 aromatic rings. The van der Waals surface area contributed by atoms with E-state index in [-0.39, 0.29) is 28.3 Å². The van der Waals surface area contributed by atoms with Crippen LogP contribution >= 0.6 is 11.6 Å². The first-order valence-electron chi connectivity index (χ1n) is 9.56. The summed E-state index contributed by atoms with van der Waals surface area (Å²) in [6.45, 7) is 4.80. The molecule has 1 atom stereocenters. The smallest absolute Gasteiger partial charge is 0.233 e. The number of nitrogens with zero attached hydrogens (tertiary/aromatic N) is 2. The van der Waals surface area contributed by atoms with Gasteiger partial charge in [0.1, 0.15) is 0 Å². The van der Waals surface area contributed by atoms with Gasteiger partial charge in [0, 0.05) is 24.4 Å². The highest BCUT2D eigenvalue weighted by atomic mass is 35.5. The van der Waals surface area contributed by atoms with Crippen LogP contribution in [0.25, 0.3) is 0 Å². The van der Waals surface area contributed by atoms with Crippen LogP contribution < -0.4 is 5.32 Å². The molecule has 30 heavy (non-hydrogen) atoms. The summed E-state index contributed by atoms with van der Waals surface area (Å²) in [5.74, 6) is -0.192. The molecule has 0 bridgehead atoms. The molecule has 164 valence electrons. The predicted molar refractivity (Wildman–Crippen MR) is 113 cm³/mol. The van der Waals surface area contributed by atoms with Crippen molar-refractivity contribution in [1.29, 1.82) is 0 Å². The molecule has 8 nitrogen and oxygen atoms in total. The molecule has 0 aliphatic carbocycles. The summed E-state index contributed by atoms with van der Waals surface area (Å²) in [5, 5.41) is 17.1. The summed E-state index contributed by atoms with van der Waals surface area (Å²) >= 11 is 6.20. The third-order valence-electron chi connectivity index (χ3n) is 4.79. The Morgan fingerprint density at radius 3 is 2.63 bits per heavy atom. The van der Waals surface area contributed by atoms with Gasteiger partial charge in [-0.1, -0.05) is 17.7 Å². The lowest BCUT2D eigenvalue weighted by atomic mass is 9.87. The average molecular weight is 456 g/mol. The minimum Gasteiger partial charge on any atom is -0.389 e. The molecular weight excluding hydrogens is 430 g/mol. The van der Waals surface area contributed by atoms with Crippen LogP contribution in [0.5, 0.6) is 0 Å². The van der Waals surface area contributed by atoms with E-state index in [0.717, 1.165) is 6.26 Å². The van der Waals surface area contributed by atoms with Crippen molar-refractivity contribution in [3.63, 3.8) is 0 Å². The van der Waals surface area contributed by atoms with Crippen LogP contribution in [-0.2, 0) is 25.9 Å². The average Bonchev–Trinajstić information content (AvgIpc) is 2.97. The number of carbonyl (C=O) groups excluding carboxylic acids is 1. The number of hydrogen-bond donors (Lipinski definition) is 2. The molecule has 0 radical (unpaired) electrons. The van der Waals surface area contributed by atoms with Crippen molar-refractivity contribution in [3.05, 3.63) is 41.0 Å². The monoisotopic (exact) mass is 455 g/mol. The Morgan fingerprint density at radius 2 is 2.10 bits per heavy atom. The summed E-state index contributed by atoms with van der Waals surface area (Å²) in [7, 11) is -3.46. The van der Waals surface area contributed by atoms with Crippen LogP contribution in [0.1, 0.15) is 31.7 Å². The fraction of sp³-hybridized carbons (Fsp3) is 0.500. The molecule has 1 saturated heterocycles. The molecule has 1 aromatic carbocycles. The molecule has 0 unspecified atom stereocenters. The van der Waals surface area contributed by atoms with Crippen LogP contribution in [0, 0.1) is 5.92 Å². The van der Waals surface area contributed by atoms with Crippen molar-refractivity contribution < 1.29 is 23.1 Å². The van der Waals surface area contributed by atoms with Gasteiger partial charge in [0.2, 0.25) is 5.91 Å². The number of ether oxygens (including phenoxy) is 1. The minimum absolute atomic E-state index is 0.0319. The van der Waals surface area contributed by atoms with Crippen molar-refractivity contribution >= 4 is 33.2 Å². The number of aromatic nitrogens is 2. The van der Waals surface area contributed by atoms with Crippen LogP contribution in [0.3, 0.4) is 0 Å². The third kappa shape index (κ3) is 5.81. The second-order valence-corrected chi connectivity index (χ2v) is 10.7. The van der Waals surface area contributed by atoms with Gasteiger partial charge in [-0.05, 0) is 38.0 Å². The zero-order valence-electron chi connectivity index (χ0n) is 17.1. The number of hydrogen-bond acceptors (Lipinski definition) is 6. The first kappa shape index (κ1) is 22.7. The number of aliphatic hydroxyl groups is 1. The molecule has 1 aliphatic rings. The summed E-state index contributed by atoms with van der Waals surface area (Å²) in [6.07, 6.45) is 3.32. The molecule has 0 saturated carbocycles. The maximum absolute atomic E-state index is 13.1. The van der Waals surface area contributed by atoms with Crippen molar-refractivity contribution in [2.24, 2.45) is 5.92 Å². The predicted octanol–water partition coefficient (Wildman–Crippen LogP) is 2.47. The van der Waals surface area contributed by atoms with Crippen LogP contribution in [-0.4, -0.2) is 54.3 Å². The van der Waals surface area contributed by atoms with Gasteiger partial charge in [-0.15, -0.1) is 0 Å². The summed E-state index contributed by atoms with van der Waals surface area (Å²) < 4.78 is 30.5. The quantitative estimate of drug-likeness (QED) is 0.632. The van der Waals surface area contributed by atoms with Gasteiger partial charge in [0.05, 0.1) is 41.2 Å². The highest BCUT2D eigenvalue weighted by molar-refractivity contribution is 7.90. The van der Waals surface area contributed by atoms with Crippen molar-refractivity contribution in [2.75, 3.05) is 24.8 Å². The molecule has 2 heterocycles. The SMILES string of the molecule is CC(C)(O)Cn1ccc(NC(=O)[C@H](CC2COC2)c2ccc(S(C)(=O)=O)c(Cl)c2)n1. The van der Waals surface area contributed by atoms with Crippen LogP contribution in [0.15, 0.2) is 35.4 Å². The van der Waals surface area contributed by atoms with Gasteiger partial charge < -0.3 is 15.2 Å². The zero-order valence-corrected chi connectivity index (χ0v) is 18.7. The lowest BCUT2D eigenvalue weighted by molar-refractivity contribution is -0.119. The Morgan fingerprint density at radius 1 is 1.40 bits per heavy atom. The Hall–Kier alpha value is -1.94.